The lowest BCUT2D eigenvalue weighted by Crippen LogP contribution is -2.36. The summed E-state index contributed by atoms with van der Waals surface area (Å²) in [6.07, 6.45) is 3.57. The Hall–Kier alpha value is -2.67. The second-order valence-corrected chi connectivity index (χ2v) is 9.38. The summed E-state index contributed by atoms with van der Waals surface area (Å²) in [5.74, 6) is -0.0353. The summed E-state index contributed by atoms with van der Waals surface area (Å²) in [4.78, 5) is 16.2. The maximum Gasteiger partial charge on any atom is 0.238 e. The van der Waals surface area contributed by atoms with Gasteiger partial charge in [-0.15, -0.1) is 11.3 Å². The number of fused-ring (bicyclic) bond motifs is 1. The SMILES string of the molecule is O=C(CN[C@@H](c1ccc2c(c1)CCC2)c1cccs1)Nc1ccc(N2CCOCC2)cc1. The molecule has 5 rings (SSSR count). The monoisotopic (exact) mass is 447 g/mol. The van der Waals surface area contributed by atoms with E-state index in [1.807, 2.05) is 12.1 Å². The molecule has 1 aliphatic carbocycles. The van der Waals surface area contributed by atoms with Crippen LogP contribution in [0.2, 0.25) is 0 Å². The van der Waals surface area contributed by atoms with Gasteiger partial charge in [-0.05, 0) is 71.7 Å². The van der Waals surface area contributed by atoms with Gasteiger partial charge in [0.1, 0.15) is 0 Å². The van der Waals surface area contributed by atoms with Crippen molar-refractivity contribution in [2.45, 2.75) is 25.3 Å². The van der Waals surface area contributed by atoms with Gasteiger partial charge in [-0.2, -0.15) is 0 Å². The van der Waals surface area contributed by atoms with Crippen LogP contribution in [0.5, 0.6) is 0 Å². The van der Waals surface area contributed by atoms with Gasteiger partial charge in [-0.1, -0.05) is 24.3 Å². The van der Waals surface area contributed by atoms with Gasteiger partial charge in [0.25, 0.3) is 0 Å². The number of carbonyl (C=O) groups excluding carboxylic acids is 1. The van der Waals surface area contributed by atoms with Crippen molar-refractivity contribution in [2.24, 2.45) is 0 Å². The van der Waals surface area contributed by atoms with E-state index < -0.39 is 0 Å². The lowest BCUT2D eigenvalue weighted by Gasteiger charge is -2.28. The van der Waals surface area contributed by atoms with E-state index in [2.05, 4.69) is 63.4 Å². The molecule has 1 amide bonds. The first-order valence-corrected chi connectivity index (χ1v) is 12.3. The van der Waals surface area contributed by atoms with Crippen LogP contribution in [0.3, 0.4) is 0 Å². The summed E-state index contributed by atoms with van der Waals surface area (Å²) in [7, 11) is 0. The van der Waals surface area contributed by atoms with Gasteiger partial charge < -0.3 is 15.0 Å². The van der Waals surface area contributed by atoms with E-state index in [9.17, 15) is 4.79 Å². The Morgan fingerprint density at radius 1 is 1.03 bits per heavy atom. The number of hydrogen-bond donors (Lipinski definition) is 2. The number of amides is 1. The molecule has 1 aliphatic heterocycles. The van der Waals surface area contributed by atoms with Gasteiger partial charge >= 0.3 is 0 Å². The quantitative estimate of drug-likeness (QED) is 0.564. The van der Waals surface area contributed by atoms with E-state index in [1.54, 1.807) is 11.3 Å². The standard InChI is InChI=1S/C26H29N3O2S/c30-25(28-22-8-10-23(11-9-22)29-12-14-31-15-13-29)18-27-26(24-5-2-16-32-24)21-7-6-19-3-1-4-20(19)17-21/h2,5-11,16-17,26-27H,1,3-4,12-15,18H2,(H,28,30)/t26-/m0/s1. The largest absolute Gasteiger partial charge is 0.378 e. The second kappa shape index (κ2) is 9.86. The summed E-state index contributed by atoms with van der Waals surface area (Å²) in [5.41, 5.74) is 6.14. The average Bonchev–Trinajstić information content (AvgIpc) is 3.52. The molecule has 2 aliphatic rings. The summed E-state index contributed by atoms with van der Waals surface area (Å²) in [6.45, 7) is 3.59. The molecule has 0 bridgehead atoms. The third-order valence-electron chi connectivity index (χ3n) is 6.28. The number of rotatable bonds is 7. The van der Waals surface area contributed by atoms with Gasteiger partial charge in [0.05, 0.1) is 25.8 Å². The number of carbonyl (C=O) groups is 1. The molecule has 1 fully saturated rings. The van der Waals surface area contributed by atoms with Gasteiger partial charge in [0.15, 0.2) is 0 Å². The first-order valence-electron chi connectivity index (χ1n) is 11.4. The number of hydrogen-bond acceptors (Lipinski definition) is 5. The number of benzene rings is 2. The molecule has 166 valence electrons. The lowest BCUT2D eigenvalue weighted by atomic mass is 10.00. The minimum atomic E-state index is -0.0353. The van der Waals surface area contributed by atoms with Crippen molar-refractivity contribution >= 4 is 28.6 Å². The van der Waals surface area contributed by atoms with E-state index >= 15 is 0 Å². The number of nitrogens with zero attached hydrogens (tertiary/aromatic N) is 1. The number of anilines is 2. The third-order valence-corrected chi connectivity index (χ3v) is 7.21. The van der Waals surface area contributed by atoms with Crippen molar-refractivity contribution in [2.75, 3.05) is 43.1 Å². The molecule has 0 spiro atoms. The molecule has 0 unspecified atom stereocenters. The Labute approximate surface area is 193 Å². The van der Waals surface area contributed by atoms with Crippen molar-refractivity contribution in [1.82, 2.24) is 5.32 Å². The Kier molecular flexibility index (Phi) is 6.53. The van der Waals surface area contributed by atoms with Crippen LogP contribution in [-0.2, 0) is 22.4 Å². The number of thiophene rings is 1. The van der Waals surface area contributed by atoms with E-state index in [0.29, 0.717) is 0 Å². The molecular weight excluding hydrogens is 418 g/mol. The molecule has 32 heavy (non-hydrogen) atoms. The third kappa shape index (κ3) is 4.88. The fraction of sp³-hybridized carbons (Fsp3) is 0.346. The predicted octanol–water partition coefficient (Wildman–Crippen LogP) is 4.39. The molecule has 1 aromatic heterocycles. The van der Waals surface area contributed by atoms with Gasteiger partial charge in [0, 0.05) is 29.3 Å². The van der Waals surface area contributed by atoms with Crippen LogP contribution in [0.25, 0.3) is 0 Å². The molecule has 2 N–H and O–H groups in total. The molecule has 2 aromatic carbocycles. The molecule has 3 aromatic rings. The lowest BCUT2D eigenvalue weighted by molar-refractivity contribution is -0.115. The van der Waals surface area contributed by atoms with Crippen LogP contribution < -0.4 is 15.5 Å². The van der Waals surface area contributed by atoms with Crippen molar-refractivity contribution in [1.29, 1.82) is 0 Å². The van der Waals surface area contributed by atoms with Crippen LogP contribution in [-0.4, -0.2) is 38.8 Å². The fourth-order valence-corrected chi connectivity index (χ4v) is 5.41. The van der Waals surface area contributed by atoms with E-state index in [-0.39, 0.29) is 18.5 Å². The van der Waals surface area contributed by atoms with E-state index in [4.69, 9.17) is 4.74 Å². The minimum absolute atomic E-state index is 0.0235. The van der Waals surface area contributed by atoms with Crippen LogP contribution in [0.15, 0.2) is 60.0 Å². The van der Waals surface area contributed by atoms with Crippen LogP contribution in [0, 0.1) is 0 Å². The van der Waals surface area contributed by atoms with Gasteiger partial charge in [0.2, 0.25) is 5.91 Å². The molecule has 1 saturated heterocycles. The van der Waals surface area contributed by atoms with Crippen LogP contribution in [0.4, 0.5) is 11.4 Å². The topological polar surface area (TPSA) is 53.6 Å². The normalized spacial score (nSPS) is 16.6. The van der Waals surface area contributed by atoms with Gasteiger partial charge in [-0.3, -0.25) is 10.1 Å². The smallest absolute Gasteiger partial charge is 0.238 e. The first-order chi connectivity index (χ1) is 15.8. The molecule has 6 heteroatoms. The number of aryl methyl sites for hydroxylation is 2. The summed E-state index contributed by atoms with van der Waals surface area (Å²) >= 11 is 1.72. The Bertz CT molecular complexity index is 1040. The van der Waals surface area contributed by atoms with Crippen molar-refractivity contribution in [3.63, 3.8) is 0 Å². The van der Waals surface area contributed by atoms with E-state index in [1.165, 1.54) is 40.1 Å². The highest BCUT2D eigenvalue weighted by Crippen LogP contribution is 2.30. The Morgan fingerprint density at radius 3 is 2.62 bits per heavy atom. The van der Waals surface area contributed by atoms with E-state index in [0.717, 1.165) is 38.4 Å². The second-order valence-electron chi connectivity index (χ2n) is 8.41. The zero-order chi connectivity index (χ0) is 21.8. The summed E-state index contributed by atoms with van der Waals surface area (Å²) in [6, 6.07) is 19.1. The maximum atomic E-state index is 12.7. The summed E-state index contributed by atoms with van der Waals surface area (Å²) < 4.78 is 5.42. The first kappa shape index (κ1) is 21.2. The molecule has 5 nitrogen and oxygen atoms in total. The molecule has 0 radical (unpaired) electrons. The van der Waals surface area contributed by atoms with Gasteiger partial charge in [-0.25, -0.2) is 0 Å². The molecular formula is C26H29N3O2S. The molecule has 1 atom stereocenters. The zero-order valence-corrected chi connectivity index (χ0v) is 19.0. The zero-order valence-electron chi connectivity index (χ0n) is 18.2. The van der Waals surface area contributed by atoms with Crippen LogP contribution in [0.1, 0.15) is 34.0 Å². The highest BCUT2D eigenvalue weighted by Gasteiger charge is 2.19. The van der Waals surface area contributed by atoms with Crippen molar-refractivity contribution < 1.29 is 9.53 Å². The molecule has 2 heterocycles. The number of morpholine rings is 1. The minimum Gasteiger partial charge on any atom is -0.378 e. The van der Waals surface area contributed by atoms with Crippen molar-refractivity contribution in [3.05, 3.63) is 81.5 Å². The predicted molar refractivity (Wildman–Crippen MR) is 131 cm³/mol. The number of nitrogens with one attached hydrogen (secondary N) is 2. The van der Waals surface area contributed by atoms with Crippen molar-refractivity contribution in [3.8, 4) is 0 Å². The molecule has 0 saturated carbocycles. The summed E-state index contributed by atoms with van der Waals surface area (Å²) in [5, 5.41) is 8.60. The highest BCUT2D eigenvalue weighted by atomic mass is 32.1. The fourth-order valence-electron chi connectivity index (χ4n) is 4.59. The Morgan fingerprint density at radius 2 is 1.84 bits per heavy atom. The number of ether oxygens (including phenoxy) is 1. The average molecular weight is 448 g/mol. The Balaban J connectivity index is 1.22. The maximum absolute atomic E-state index is 12.7. The highest BCUT2D eigenvalue weighted by molar-refractivity contribution is 7.10. The van der Waals surface area contributed by atoms with Crippen LogP contribution >= 0.6 is 11.3 Å².